The Labute approximate surface area is 144 Å². The summed E-state index contributed by atoms with van der Waals surface area (Å²) in [5.74, 6) is 0.551. The van der Waals surface area contributed by atoms with Crippen LogP contribution in [0.3, 0.4) is 0 Å². The maximum Gasteiger partial charge on any atom is 0.239 e. The first kappa shape index (κ1) is 16.3. The van der Waals surface area contributed by atoms with Crippen LogP contribution >= 0.6 is 0 Å². The van der Waals surface area contributed by atoms with E-state index in [0.717, 1.165) is 58.2 Å². The van der Waals surface area contributed by atoms with Crippen molar-refractivity contribution in [2.45, 2.75) is 50.6 Å². The van der Waals surface area contributed by atoms with Crippen LogP contribution < -0.4 is 5.32 Å². The molecule has 4 rings (SSSR count). The summed E-state index contributed by atoms with van der Waals surface area (Å²) in [4.78, 5) is 31.8. The van der Waals surface area contributed by atoms with Crippen LogP contribution in [0, 0.1) is 5.92 Å². The van der Waals surface area contributed by atoms with E-state index in [4.69, 9.17) is 0 Å². The van der Waals surface area contributed by atoms with E-state index in [1.54, 1.807) is 0 Å². The number of nitrogens with one attached hydrogen (secondary N) is 1. The van der Waals surface area contributed by atoms with Gasteiger partial charge in [0.25, 0.3) is 0 Å². The van der Waals surface area contributed by atoms with E-state index in [1.807, 2.05) is 4.90 Å². The number of piperidine rings is 1. The van der Waals surface area contributed by atoms with Gasteiger partial charge in [0.2, 0.25) is 11.8 Å². The number of carbonyl (C=O) groups is 2. The molecule has 134 valence electrons. The zero-order chi connectivity index (χ0) is 16.5. The zero-order valence-electron chi connectivity index (χ0n) is 14.6. The van der Waals surface area contributed by atoms with Gasteiger partial charge < -0.3 is 15.1 Å². The topological polar surface area (TPSA) is 55.9 Å². The van der Waals surface area contributed by atoms with Gasteiger partial charge in [0.05, 0.1) is 0 Å². The number of amides is 2. The lowest BCUT2D eigenvalue weighted by molar-refractivity contribution is -0.144. The molecule has 1 N–H and O–H groups in total. The van der Waals surface area contributed by atoms with Crippen molar-refractivity contribution in [3.05, 3.63) is 0 Å². The van der Waals surface area contributed by atoms with Crippen molar-refractivity contribution >= 4 is 11.8 Å². The van der Waals surface area contributed by atoms with Crippen molar-refractivity contribution in [2.75, 3.05) is 45.8 Å². The van der Waals surface area contributed by atoms with Crippen molar-refractivity contribution < 1.29 is 9.59 Å². The highest BCUT2D eigenvalue weighted by Crippen LogP contribution is 2.29. The Morgan fingerprint density at radius 3 is 2.42 bits per heavy atom. The lowest BCUT2D eigenvalue weighted by Crippen LogP contribution is -2.65. The molecule has 0 aromatic rings. The van der Waals surface area contributed by atoms with Crippen molar-refractivity contribution in [2.24, 2.45) is 5.92 Å². The van der Waals surface area contributed by atoms with E-state index < -0.39 is 0 Å². The minimum atomic E-state index is -0.130. The summed E-state index contributed by atoms with van der Waals surface area (Å²) in [5, 5.41) is 2.93. The summed E-state index contributed by atoms with van der Waals surface area (Å²) in [6.45, 7) is 6.00. The maximum absolute atomic E-state index is 12.9. The van der Waals surface area contributed by atoms with Crippen molar-refractivity contribution in [1.29, 1.82) is 0 Å². The number of hydrogen-bond acceptors (Lipinski definition) is 4. The van der Waals surface area contributed by atoms with Crippen LogP contribution in [0.25, 0.3) is 0 Å². The van der Waals surface area contributed by atoms with E-state index in [-0.39, 0.29) is 17.9 Å². The molecule has 1 atom stereocenters. The average Bonchev–Trinajstić information content (AvgIpc) is 3.16. The maximum atomic E-state index is 12.9. The van der Waals surface area contributed by atoms with Crippen LogP contribution in [0.4, 0.5) is 0 Å². The number of rotatable bonds is 2. The lowest BCUT2D eigenvalue weighted by atomic mass is 9.93. The molecule has 3 aliphatic heterocycles. The fourth-order valence-corrected chi connectivity index (χ4v) is 5.02. The molecule has 0 radical (unpaired) electrons. The molecule has 4 aliphatic rings. The number of piperazine rings is 2. The Hall–Kier alpha value is -1.14. The van der Waals surface area contributed by atoms with Gasteiger partial charge in [0.1, 0.15) is 6.04 Å². The Morgan fingerprint density at radius 1 is 0.917 bits per heavy atom. The largest absolute Gasteiger partial charge is 0.353 e. The summed E-state index contributed by atoms with van der Waals surface area (Å²) in [6.07, 6.45) is 7.42. The molecule has 0 bridgehead atoms. The van der Waals surface area contributed by atoms with Crippen LogP contribution in [0.5, 0.6) is 0 Å². The minimum absolute atomic E-state index is 0.0924. The molecule has 1 aliphatic carbocycles. The number of likely N-dealkylation sites (tertiary alicyclic amines) is 1. The van der Waals surface area contributed by atoms with Gasteiger partial charge in [-0.2, -0.15) is 0 Å². The third-order valence-electron chi connectivity index (χ3n) is 6.52. The molecule has 24 heavy (non-hydrogen) atoms. The molecule has 2 amide bonds. The van der Waals surface area contributed by atoms with E-state index >= 15 is 0 Å². The van der Waals surface area contributed by atoms with E-state index in [2.05, 4.69) is 15.1 Å². The Balaban J connectivity index is 1.31. The van der Waals surface area contributed by atoms with Crippen LogP contribution in [0.2, 0.25) is 0 Å². The minimum Gasteiger partial charge on any atom is -0.353 e. The van der Waals surface area contributed by atoms with Crippen LogP contribution in [-0.2, 0) is 9.59 Å². The third-order valence-corrected chi connectivity index (χ3v) is 6.52. The first-order valence-corrected chi connectivity index (χ1v) is 9.77. The molecule has 0 aromatic heterocycles. The van der Waals surface area contributed by atoms with E-state index in [0.29, 0.717) is 12.5 Å². The number of fused-ring (bicyclic) bond motifs is 1. The highest BCUT2D eigenvalue weighted by Gasteiger charge is 2.39. The average molecular weight is 334 g/mol. The Morgan fingerprint density at radius 2 is 1.67 bits per heavy atom. The molecule has 1 saturated carbocycles. The summed E-state index contributed by atoms with van der Waals surface area (Å²) >= 11 is 0. The zero-order valence-corrected chi connectivity index (χ0v) is 14.6. The predicted molar refractivity (Wildman–Crippen MR) is 91.5 cm³/mol. The van der Waals surface area contributed by atoms with Gasteiger partial charge in [0, 0.05) is 44.7 Å². The second-order valence-corrected chi connectivity index (χ2v) is 7.88. The number of carbonyl (C=O) groups excluding carboxylic acids is 2. The molecule has 3 heterocycles. The normalized spacial score (nSPS) is 31.1. The summed E-state index contributed by atoms with van der Waals surface area (Å²) in [7, 11) is 0. The third kappa shape index (κ3) is 3.18. The highest BCUT2D eigenvalue weighted by molar-refractivity contribution is 5.85. The number of hydrogen-bond donors (Lipinski definition) is 1. The molecular weight excluding hydrogens is 304 g/mol. The van der Waals surface area contributed by atoms with Gasteiger partial charge in [-0.15, -0.1) is 0 Å². The van der Waals surface area contributed by atoms with E-state index in [1.165, 1.54) is 25.7 Å². The fourth-order valence-electron chi connectivity index (χ4n) is 5.02. The van der Waals surface area contributed by atoms with Gasteiger partial charge in [-0.25, -0.2) is 0 Å². The second kappa shape index (κ2) is 7.00. The quantitative estimate of drug-likeness (QED) is 0.788. The second-order valence-electron chi connectivity index (χ2n) is 7.88. The molecular formula is C18H30N4O2. The lowest BCUT2D eigenvalue weighted by Gasteiger charge is -2.44. The van der Waals surface area contributed by atoms with E-state index in [9.17, 15) is 9.59 Å². The monoisotopic (exact) mass is 334 g/mol. The van der Waals surface area contributed by atoms with Crippen LogP contribution in [-0.4, -0.2) is 84.4 Å². The van der Waals surface area contributed by atoms with Gasteiger partial charge in [-0.3, -0.25) is 14.5 Å². The molecule has 1 unspecified atom stereocenters. The SMILES string of the molecule is O=C1NCCN2CCN(C(=O)C3CCN(C4CCCC4)CC3)CC12. The Bertz CT molecular complexity index is 483. The van der Waals surface area contributed by atoms with Crippen molar-refractivity contribution in [1.82, 2.24) is 20.0 Å². The first-order chi connectivity index (χ1) is 11.7. The Kier molecular flexibility index (Phi) is 4.77. The van der Waals surface area contributed by atoms with Gasteiger partial charge in [0.15, 0.2) is 0 Å². The highest BCUT2D eigenvalue weighted by atomic mass is 16.2. The molecule has 4 fully saturated rings. The van der Waals surface area contributed by atoms with Crippen molar-refractivity contribution in [3.63, 3.8) is 0 Å². The summed E-state index contributed by atoms with van der Waals surface area (Å²) < 4.78 is 0. The van der Waals surface area contributed by atoms with Crippen LogP contribution in [0.15, 0.2) is 0 Å². The number of nitrogens with zero attached hydrogens (tertiary/aromatic N) is 3. The van der Waals surface area contributed by atoms with Gasteiger partial charge in [-0.1, -0.05) is 12.8 Å². The smallest absolute Gasteiger partial charge is 0.239 e. The fraction of sp³-hybridized carbons (Fsp3) is 0.889. The summed E-state index contributed by atoms with van der Waals surface area (Å²) in [6, 6.07) is 0.644. The van der Waals surface area contributed by atoms with Gasteiger partial charge >= 0.3 is 0 Å². The molecule has 3 saturated heterocycles. The predicted octanol–water partition coefficient (Wildman–Crippen LogP) is 0.284. The van der Waals surface area contributed by atoms with Crippen LogP contribution in [0.1, 0.15) is 38.5 Å². The molecule has 0 aromatic carbocycles. The van der Waals surface area contributed by atoms with Crippen molar-refractivity contribution in [3.8, 4) is 0 Å². The first-order valence-electron chi connectivity index (χ1n) is 9.77. The van der Waals surface area contributed by atoms with Gasteiger partial charge in [-0.05, 0) is 38.8 Å². The standard InChI is InChI=1S/C18H30N4O2/c23-17-16-13-22(12-11-21(16)10-7-19-17)18(24)14-5-8-20(9-6-14)15-3-1-2-4-15/h14-16H,1-13H2,(H,19,23). The molecule has 6 nitrogen and oxygen atoms in total. The molecule has 0 spiro atoms. The summed E-state index contributed by atoms with van der Waals surface area (Å²) in [5.41, 5.74) is 0. The molecule has 6 heteroatoms.